The number of rotatable bonds is 2. The Labute approximate surface area is 63.0 Å². The quantitative estimate of drug-likeness (QED) is 0.626. The lowest BCUT2D eigenvalue weighted by atomic mass is 9.96. The molecule has 1 rings (SSSR count). The Morgan fingerprint density at radius 2 is 2.30 bits per heavy atom. The molecule has 1 unspecified atom stereocenters. The summed E-state index contributed by atoms with van der Waals surface area (Å²) >= 11 is 0. The third kappa shape index (κ3) is 1.96. The number of hydrogen-bond donors (Lipinski definition) is 1. The molecule has 1 aliphatic rings. The Morgan fingerprint density at radius 1 is 1.50 bits per heavy atom. The van der Waals surface area contributed by atoms with Crippen molar-refractivity contribution in [3.63, 3.8) is 0 Å². The van der Waals surface area contributed by atoms with E-state index in [2.05, 4.69) is 12.2 Å². The average molecular weight is 143 g/mol. The second-order valence-corrected chi connectivity index (χ2v) is 3.29. The Morgan fingerprint density at radius 3 is 2.80 bits per heavy atom. The molecule has 0 aromatic heterocycles. The summed E-state index contributed by atoms with van der Waals surface area (Å²) in [5.41, 5.74) is 0.118. The number of likely N-dealkylation sites (N-methyl/N-ethyl adjacent to an activating group) is 1. The lowest BCUT2D eigenvalue weighted by molar-refractivity contribution is -0.0620. The van der Waals surface area contributed by atoms with Crippen molar-refractivity contribution in [2.24, 2.45) is 0 Å². The normalized spacial score (nSPS) is 34.2. The molecule has 0 saturated carbocycles. The van der Waals surface area contributed by atoms with E-state index in [9.17, 15) is 0 Å². The second-order valence-electron chi connectivity index (χ2n) is 3.29. The van der Waals surface area contributed by atoms with Crippen molar-refractivity contribution in [1.82, 2.24) is 5.32 Å². The molecule has 0 aliphatic carbocycles. The summed E-state index contributed by atoms with van der Waals surface area (Å²) in [5, 5.41) is 3.15. The number of ether oxygens (including phenoxy) is 1. The molecule has 10 heavy (non-hydrogen) atoms. The van der Waals surface area contributed by atoms with Gasteiger partial charge in [0.25, 0.3) is 0 Å². The molecule has 0 amide bonds. The highest BCUT2D eigenvalue weighted by molar-refractivity contribution is 4.79. The zero-order chi connectivity index (χ0) is 7.45. The fraction of sp³-hybridized carbons (Fsp3) is 1.00. The molecule has 0 aromatic carbocycles. The van der Waals surface area contributed by atoms with Crippen LogP contribution >= 0.6 is 0 Å². The maximum Gasteiger partial charge on any atom is 0.0778 e. The van der Waals surface area contributed by atoms with Crippen LogP contribution in [0, 0.1) is 0 Å². The summed E-state index contributed by atoms with van der Waals surface area (Å²) in [7, 11) is 1.98. The Kier molecular flexibility index (Phi) is 2.69. The topological polar surface area (TPSA) is 21.3 Å². The van der Waals surface area contributed by atoms with Gasteiger partial charge in [-0.3, -0.25) is 0 Å². The van der Waals surface area contributed by atoms with Gasteiger partial charge in [-0.15, -0.1) is 0 Å². The van der Waals surface area contributed by atoms with Gasteiger partial charge in [-0.05, 0) is 33.2 Å². The first-order chi connectivity index (χ1) is 4.77. The second kappa shape index (κ2) is 3.35. The summed E-state index contributed by atoms with van der Waals surface area (Å²) in [6, 6.07) is 0. The molecule has 60 valence electrons. The molecule has 1 fully saturated rings. The monoisotopic (exact) mass is 143 g/mol. The van der Waals surface area contributed by atoms with Gasteiger partial charge in [0, 0.05) is 13.2 Å². The van der Waals surface area contributed by atoms with E-state index in [0.29, 0.717) is 0 Å². The van der Waals surface area contributed by atoms with Crippen LogP contribution in [0.25, 0.3) is 0 Å². The summed E-state index contributed by atoms with van der Waals surface area (Å²) in [4.78, 5) is 0. The van der Waals surface area contributed by atoms with E-state index >= 15 is 0 Å². The van der Waals surface area contributed by atoms with Gasteiger partial charge < -0.3 is 10.1 Å². The van der Waals surface area contributed by atoms with Gasteiger partial charge in [-0.1, -0.05) is 0 Å². The highest BCUT2D eigenvalue weighted by Gasteiger charge is 2.26. The molecule has 2 nitrogen and oxygen atoms in total. The largest absolute Gasteiger partial charge is 0.374 e. The SMILES string of the molecule is CNCC1(C)CCCCO1. The maximum atomic E-state index is 5.64. The van der Waals surface area contributed by atoms with Gasteiger partial charge in [0.1, 0.15) is 0 Å². The predicted molar refractivity (Wildman–Crippen MR) is 42.1 cm³/mol. The van der Waals surface area contributed by atoms with Crippen LogP contribution in [-0.2, 0) is 4.74 Å². The van der Waals surface area contributed by atoms with Gasteiger partial charge >= 0.3 is 0 Å². The van der Waals surface area contributed by atoms with Crippen LogP contribution in [-0.4, -0.2) is 25.8 Å². The van der Waals surface area contributed by atoms with Crippen LogP contribution in [0.1, 0.15) is 26.2 Å². The van der Waals surface area contributed by atoms with Gasteiger partial charge in [0.15, 0.2) is 0 Å². The summed E-state index contributed by atoms with van der Waals surface area (Å²) in [5.74, 6) is 0. The highest BCUT2D eigenvalue weighted by Crippen LogP contribution is 2.22. The molecule has 0 bridgehead atoms. The van der Waals surface area contributed by atoms with Crippen LogP contribution in [0.3, 0.4) is 0 Å². The molecule has 2 heteroatoms. The Bertz CT molecular complexity index is 91.9. The molecular formula is C8H17NO. The maximum absolute atomic E-state index is 5.64. The van der Waals surface area contributed by atoms with Gasteiger partial charge in [-0.2, -0.15) is 0 Å². The fourth-order valence-electron chi connectivity index (χ4n) is 1.51. The highest BCUT2D eigenvalue weighted by atomic mass is 16.5. The smallest absolute Gasteiger partial charge is 0.0778 e. The summed E-state index contributed by atoms with van der Waals surface area (Å²) < 4.78 is 5.64. The van der Waals surface area contributed by atoms with Crippen molar-refractivity contribution in [2.75, 3.05) is 20.2 Å². The van der Waals surface area contributed by atoms with Gasteiger partial charge in [-0.25, -0.2) is 0 Å². The minimum atomic E-state index is 0.118. The Balaban J connectivity index is 2.32. The molecule has 1 atom stereocenters. The number of nitrogens with one attached hydrogen (secondary N) is 1. The fourth-order valence-corrected chi connectivity index (χ4v) is 1.51. The van der Waals surface area contributed by atoms with Crippen molar-refractivity contribution in [1.29, 1.82) is 0 Å². The van der Waals surface area contributed by atoms with E-state index in [4.69, 9.17) is 4.74 Å². The third-order valence-electron chi connectivity index (χ3n) is 2.10. The molecule has 0 radical (unpaired) electrons. The lowest BCUT2D eigenvalue weighted by Crippen LogP contribution is -2.41. The molecule has 1 N–H and O–H groups in total. The zero-order valence-electron chi connectivity index (χ0n) is 6.94. The molecule has 1 heterocycles. The van der Waals surface area contributed by atoms with Gasteiger partial charge in [0.05, 0.1) is 5.60 Å². The van der Waals surface area contributed by atoms with Crippen LogP contribution in [0.4, 0.5) is 0 Å². The van der Waals surface area contributed by atoms with E-state index in [1.165, 1.54) is 19.3 Å². The third-order valence-corrected chi connectivity index (χ3v) is 2.10. The first kappa shape index (κ1) is 8.02. The minimum Gasteiger partial charge on any atom is -0.374 e. The van der Waals surface area contributed by atoms with Gasteiger partial charge in [0.2, 0.25) is 0 Å². The first-order valence-corrected chi connectivity index (χ1v) is 4.05. The molecule has 0 spiro atoms. The molecule has 1 aliphatic heterocycles. The standard InChI is InChI=1S/C8H17NO/c1-8(7-9-2)5-3-4-6-10-8/h9H,3-7H2,1-2H3. The minimum absolute atomic E-state index is 0.118. The first-order valence-electron chi connectivity index (χ1n) is 4.05. The van der Waals surface area contributed by atoms with Crippen LogP contribution in [0.15, 0.2) is 0 Å². The molecule has 1 saturated heterocycles. The predicted octanol–water partition coefficient (Wildman–Crippen LogP) is 1.16. The van der Waals surface area contributed by atoms with Crippen LogP contribution in [0.2, 0.25) is 0 Å². The summed E-state index contributed by atoms with van der Waals surface area (Å²) in [6.45, 7) is 4.11. The Hall–Kier alpha value is -0.0800. The zero-order valence-corrected chi connectivity index (χ0v) is 6.94. The van der Waals surface area contributed by atoms with Crippen molar-refractivity contribution in [3.05, 3.63) is 0 Å². The molecular weight excluding hydrogens is 126 g/mol. The summed E-state index contributed by atoms with van der Waals surface area (Å²) in [6.07, 6.45) is 3.76. The van der Waals surface area contributed by atoms with Crippen molar-refractivity contribution in [3.8, 4) is 0 Å². The lowest BCUT2D eigenvalue weighted by Gasteiger charge is -2.33. The van der Waals surface area contributed by atoms with Crippen molar-refractivity contribution >= 4 is 0 Å². The van der Waals surface area contributed by atoms with E-state index in [0.717, 1.165) is 13.2 Å². The van der Waals surface area contributed by atoms with E-state index in [-0.39, 0.29) is 5.60 Å². The van der Waals surface area contributed by atoms with Crippen LogP contribution in [0.5, 0.6) is 0 Å². The van der Waals surface area contributed by atoms with E-state index in [1.807, 2.05) is 7.05 Å². The van der Waals surface area contributed by atoms with Crippen molar-refractivity contribution in [2.45, 2.75) is 31.8 Å². The van der Waals surface area contributed by atoms with Crippen LogP contribution < -0.4 is 5.32 Å². The van der Waals surface area contributed by atoms with E-state index < -0.39 is 0 Å². The van der Waals surface area contributed by atoms with E-state index in [1.54, 1.807) is 0 Å². The van der Waals surface area contributed by atoms with Crippen molar-refractivity contribution < 1.29 is 4.74 Å². The average Bonchev–Trinajstić information content (AvgIpc) is 1.89. The molecule has 0 aromatic rings. The number of hydrogen-bond acceptors (Lipinski definition) is 2.